The predicted molar refractivity (Wildman–Crippen MR) is 307 cm³/mol. The van der Waals surface area contributed by atoms with Crippen LogP contribution in [0.5, 0.6) is 0 Å². The van der Waals surface area contributed by atoms with Gasteiger partial charge in [-0.1, -0.05) is 279 Å². The highest BCUT2D eigenvalue weighted by Gasteiger charge is 2.46. The van der Waals surface area contributed by atoms with Crippen molar-refractivity contribution in [2.75, 3.05) is 0 Å². The summed E-state index contributed by atoms with van der Waals surface area (Å²) in [5.74, 6) is 0.868. The Morgan fingerprint density at radius 2 is 0.640 bits per heavy atom. The fourth-order valence-corrected chi connectivity index (χ4v) is 12.4. The van der Waals surface area contributed by atoms with Gasteiger partial charge < -0.3 is 0 Å². The van der Waals surface area contributed by atoms with Crippen LogP contribution in [0, 0.1) is 5.92 Å². The van der Waals surface area contributed by atoms with Crippen molar-refractivity contribution in [1.29, 1.82) is 0 Å². The second-order valence-corrected chi connectivity index (χ2v) is 19.6. The van der Waals surface area contributed by atoms with E-state index in [1.54, 1.807) is 48.5 Å². The van der Waals surface area contributed by atoms with E-state index in [9.17, 15) is 9.59 Å². The van der Waals surface area contributed by atoms with Crippen molar-refractivity contribution in [3.05, 3.63) is 364 Å². The zero-order valence-electron chi connectivity index (χ0n) is 41.2. The fourth-order valence-electron chi connectivity index (χ4n) is 12.4. The number of carbonyl (C=O) groups excluding carboxylic acids is 2. The van der Waals surface area contributed by atoms with E-state index in [0.717, 1.165) is 0 Å². The lowest BCUT2D eigenvalue weighted by Gasteiger charge is -2.42. The SMILES string of the molecule is C1=CC2=C3c4ccccc4C(c4ccccc43)C2C=C1.O=C1c2ccccc2C(=O)c2ccccc21.c1ccc(C2(c3ccccc3)c3ccccc3-c3ccccc32)cc1.c1ccc2cc3ccccc3cc2c1. The second-order valence-electron chi connectivity index (χ2n) is 19.6. The first-order valence-corrected chi connectivity index (χ1v) is 25.8. The van der Waals surface area contributed by atoms with Crippen molar-refractivity contribution >= 4 is 38.7 Å². The van der Waals surface area contributed by atoms with Crippen molar-refractivity contribution in [3.8, 4) is 11.1 Å². The molecule has 0 amide bonds. The minimum Gasteiger partial charge on any atom is -0.289 e. The quantitative estimate of drug-likeness (QED) is 0.162. The van der Waals surface area contributed by atoms with Gasteiger partial charge in [-0.05, 0) is 100 Å². The van der Waals surface area contributed by atoms with Gasteiger partial charge in [0.15, 0.2) is 11.6 Å². The summed E-state index contributed by atoms with van der Waals surface area (Å²) in [6, 6.07) is 92.6. The lowest BCUT2D eigenvalue weighted by molar-refractivity contribution is 0.0979. The van der Waals surface area contributed by atoms with E-state index in [4.69, 9.17) is 0 Å². The highest BCUT2D eigenvalue weighted by molar-refractivity contribution is 6.28. The maximum Gasteiger partial charge on any atom is 0.194 e. The summed E-state index contributed by atoms with van der Waals surface area (Å²) in [7, 11) is 0. The van der Waals surface area contributed by atoms with Crippen LogP contribution < -0.4 is 0 Å². The van der Waals surface area contributed by atoms with Gasteiger partial charge in [-0.3, -0.25) is 9.59 Å². The third-order valence-electron chi connectivity index (χ3n) is 15.7. The van der Waals surface area contributed by atoms with Gasteiger partial charge in [0, 0.05) is 34.1 Å². The largest absolute Gasteiger partial charge is 0.289 e. The summed E-state index contributed by atoms with van der Waals surface area (Å²) in [4.78, 5) is 24.2. The van der Waals surface area contributed by atoms with Gasteiger partial charge in [-0.25, -0.2) is 0 Å². The Labute approximate surface area is 438 Å². The summed E-state index contributed by atoms with van der Waals surface area (Å²) in [5, 5.41) is 5.25. The number of fused-ring (bicyclic) bond motifs is 7. The van der Waals surface area contributed by atoms with E-state index in [1.807, 2.05) is 0 Å². The van der Waals surface area contributed by atoms with Crippen molar-refractivity contribution in [1.82, 2.24) is 0 Å². The summed E-state index contributed by atoms with van der Waals surface area (Å²) in [6.07, 6.45) is 9.04. The first-order chi connectivity index (χ1) is 37.1. The molecule has 6 aliphatic rings. The minimum atomic E-state index is -0.254. The first kappa shape index (κ1) is 45.4. The molecule has 354 valence electrons. The molecule has 17 rings (SSSR count). The van der Waals surface area contributed by atoms with Gasteiger partial charge in [0.05, 0.1) is 5.41 Å². The molecule has 1 atom stereocenters. The molecule has 0 aromatic heterocycles. The van der Waals surface area contributed by atoms with Crippen molar-refractivity contribution in [3.63, 3.8) is 0 Å². The first-order valence-electron chi connectivity index (χ1n) is 25.8. The fraction of sp³-hybridized carbons (Fsp3) is 0.0411. The summed E-state index contributed by atoms with van der Waals surface area (Å²) in [6.45, 7) is 0. The topological polar surface area (TPSA) is 34.1 Å². The van der Waals surface area contributed by atoms with Crippen LogP contribution in [0.1, 0.15) is 82.3 Å². The number of hydrogen-bond donors (Lipinski definition) is 0. The van der Waals surface area contributed by atoms with E-state index < -0.39 is 0 Å². The van der Waals surface area contributed by atoms with Crippen LogP contribution in [0.3, 0.4) is 0 Å². The van der Waals surface area contributed by atoms with Gasteiger partial charge in [-0.15, -0.1) is 0 Å². The summed E-state index contributed by atoms with van der Waals surface area (Å²) < 4.78 is 0. The van der Waals surface area contributed by atoms with Gasteiger partial charge in [0.25, 0.3) is 0 Å². The highest BCUT2D eigenvalue weighted by Crippen LogP contribution is 2.57. The molecule has 0 spiro atoms. The maximum absolute atomic E-state index is 12.1. The molecule has 11 aromatic rings. The zero-order valence-corrected chi connectivity index (χ0v) is 41.2. The number of rotatable bonds is 2. The molecule has 2 nitrogen and oxygen atoms in total. The molecule has 0 N–H and O–H groups in total. The molecule has 75 heavy (non-hydrogen) atoms. The van der Waals surface area contributed by atoms with Crippen LogP contribution in [-0.2, 0) is 5.41 Å². The Morgan fingerprint density at radius 1 is 0.307 bits per heavy atom. The smallest absolute Gasteiger partial charge is 0.194 e. The van der Waals surface area contributed by atoms with Crippen LogP contribution in [0.4, 0.5) is 0 Å². The van der Waals surface area contributed by atoms with Crippen LogP contribution in [0.2, 0.25) is 0 Å². The lowest BCUT2D eigenvalue weighted by atomic mass is 9.60. The Hall–Kier alpha value is -9.50. The zero-order chi connectivity index (χ0) is 50.3. The molecule has 0 heterocycles. The summed E-state index contributed by atoms with van der Waals surface area (Å²) >= 11 is 0. The molecule has 0 fully saturated rings. The Morgan fingerprint density at radius 3 is 1.05 bits per heavy atom. The van der Waals surface area contributed by atoms with E-state index in [2.05, 4.69) is 243 Å². The van der Waals surface area contributed by atoms with Gasteiger partial charge >= 0.3 is 0 Å². The van der Waals surface area contributed by atoms with Crippen LogP contribution in [-0.4, -0.2) is 11.6 Å². The number of ketones is 2. The molecule has 2 bridgehead atoms. The Bertz CT molecular complexity index is 3770. The molecule has 0 saturated heterocycles. The molecule has 0 aliphatic heterocycles. The normalized spacial score (nSPS) is 16.0. The second kappa shape index (κ2) is 19.2. The average molecular weight is 959 g/mol. The Balaban J connectivity index is 0.0000000984. The summed E-state index contributed by atoms with van der Waals surface area (Å²) in [5.41, 5.74) is 18.6. The molecule has 6 aliphatic carbocycles. The van der Waals surface area contributed by atoms with Gasteiger partial charge in [0.2, 0.25) is 0 Å². The van der Waals surface area contributed by atoms with Gasteiger partial charge in [-0.2, -0.15) is 0 Å². The Kier molecular flexibility index (Phi) is 11.6. The molecule has 0 radical (unpaired) electrons. The average Bonchev–Trinajstić information content (AvgIpc) is 3.84. The molecular weight excluding hydrogens is 909 g/mol. The number of benzene rings is 11. The third kappa shape index (κ3) is 7.65. The number of carbonyl (C=O) groups is 2. The predicted octanol–water partition coefficient (Wildman–Crippen LogP) is 17.2. The monoisotopic (exact) mass is 958 g/mol. The van der Waals surface area contributed by atoms with E-state index in [-0.39, 0.29) is 17.0 Å². The standard InChI is InChI=1S/C25H18.C20H14.C14H8O2.C14H10/c1-3-11-19(12-4-1)25(20-13-5-2-6-14-20)23-17-9-7-15-21(23)22-16-8-10-18-24(22)25;1-2-8-14-13(7-1)19-15-9-3-5-11-17(15)20(14)18-12-6-4-10-16(18)19;15-13-9-5-1-2-6-10(9)14(16)12-8-4-3-7-11(12)13;1-2-6-12-10-14-8-4-3-7-13(14)9-11(12)5-1/h1-18H;1-13,19H;1-8H;1-10H. The van der Waals surface area contributed by atoms with Crippen LogP contribution >= 0.6 is 0 Å². The van der Waals surface area contributed by atoms with Crippen molar-refractivity contribution in [2.24, 2.45) is 5.92 Å². The third-order valence-corrected chi connectivity index (χ3v) is 15.7. The maximum atomic E-state index is 12.1. The molecule has 1 unspecified atom stereocenters. The van der Waals surface area contributed by atoms with Crippen LogP contribution in [0.25, 0.3) is 38.2 Å². The molecule has 0 saturated carbocycles. The highest BCUT2D eigenvalue weighted by atomic mass is 16.1. The van der Waals surface area contributed by atoms with Crippen molar-refractivity contribution in [2.45, 2.75) is 11.3 Å². The minimum absolute atomic E-state index is 0.0641. The molecule has 2 heteroatoms. The van der Waals surface area contributed by atoms with Crippen LogP contribution in [0.15, 0.2) is 297 Å². The molecular formula is C73H50O2. The number of hydrogen-bond acceptors (Lipinski definition) is 2. The number of allylic oxidation sites excluding steroid dienone is 5. The lowest BCUT2D eigenvalue weighted by Crippen LogP contribution is -2.28. The van der Waals surface area contributed by atoms with E-state index in [1.165, 1.54) is 88.3 Å². The van der Waals surface area contributed by atoms with E-state index in [0.29, 0.717) is 34.1 Å². The van der Waals surface area contributed by atoms with Crippen molar-refractivity contribution < 1.29 is 9.59 Å². The van der Waals surface area contributed by atoms with Gasteiger partial charge in [0.1, 0.15) is 0 Å². The molecule has 11 aromatic carbocycles. The van der Waals surface area contributed by atoms with E-state index >= 15 is 0 Å².